The minimum atomic E-state index is -1.17. The van der Waals surface area contributed by atoms with Gasteiger partial charge in [-0.25, -0.2) is 0 Å². The van der Waals surface area contributed by atoms with Gasteiger partial charge in [0, 0.05) is 26.7 Å². The maximum atomic E-state index is 11.0. The van der Waals surface area contributed by atoms with Gasteiger partial charge in [-0.2, -0.15) is 0 Å². The molecular weight excluding hydrogens is 242 g/mol. The Morgan fingerprint density at radius 3 is 2.63 bits per heavy atom. The van der Waals surface area contributed by atoms with Crippen molar-refractivity contribution in [3.05, 3.63) is 24.3 Å². The summed E-state index contributed by atoms with van der Waals surface area (Å²) in [6.07, 6.45) is 0.431. The summed E-state index contributed by atoms with van der Waals surface area (Å²) in [6.45, 7) is 4.05. The molecule has 19 heavy (non-hydrogen) atoms. The summed E-state index contributed by atoms with van der Waals surface area (Å²) in [4.78, 5) is 15.5. The Bertz CT molecular complexity index is 474. The van der Waals surface area contributed by atoms with Gasteiger partial charge in [-0.05, 0) is 25.5 Å². The topological polar surface area (TPSA) is 69.8 Å². The highest BCUT2D eigenvalue weighted by Gasteiger charge is 2.29. The number of carboxylic acid groups (broad SMARTS) is 1. The van der Waals surface area contributed by atoms with Gasteiger partial charge in [0.15, 0.2) is 0 Å². The second kappa shape index (κ2) is 5.09. The van der Waals surface area contributed by atoms with E-state index in [1.807, 2.05) is 12.1 Å². The summed E-state index contributed by atoms with van der Waals surface area (Å²) < 4.78 is 0. The second-order valence-electron chi connectivity index (χ2n) is 5.37. The van der Waals surface area contributed by atoms with E-state index in [2.05, 4.69) is 29.0 Å². The molecule has 0 amide bonds. The standard InChI is InChI=1S/C14H21N3O2/c1-14(15,13(18)19)7-8-17-10-9-16(2)11-5-3-4-6-12(11)17/h3-6H,7-10,15H2,1-2H3,(H,18,19). The van der Waals surface area contributed by atoms with Crippen LogP contribution < -0.4 is 15.5 Å². The minimum Gasteiger partial charge on any atom is -0.480 e. The van der Waals surface area contributed by atoms with Gasteiger partial charge in [0.1, 0.15) is 5.54 Å². The van der Waals surface area contributed by atoms with E-state index in [1.165, 1.54) is 5.69 Å². The molecule has 0 saturated heterocycles. The van der Waals surface area contributed by atoms with Crippen LogP contribution in [-0.2, 0) is 4.79 Å². The molecule has 1 heterocycles. The SMILES string of the molecule is CN1CCN(CCC(C)(N)C(=O)O)c2ccccc21. The van der Waals surface area contributed by atoms with E-state index in [0.29, 0.717) is 13.0 Å². The quantitative estimate of drug-likeness (QED) is 0.852. The number of fused-ring (bicyclic) bond motifs is 1. The number of nitrogens with zero attached hydrogens (tertiary/aromatic N) is 2. The van der Waals surface area contributed by atoms with Crippen LogP contribution in [-0.4, -0.2) is 43.3 Å². The molecule has 5 nitrogen and oxygen atoms in total. The number of hydrogen-bond donors (Lipinski definition) is 2. The second-order valence-corrected chi connectivity index (χ2v) is 5.37. The summed E-state index contributed by atoms with van der Waals surface area (Å²) in [5.74, 6) is -0.949. The smallest absolute Gasteiger partial charge is 0.323 e. The molecule has 0 aliphatic carbocycles. The van der Waals surface area contributed by atoms with Crippen LogP contribution in [0.4, 0.5) is 11.4 Å². The number of anilines is 2. The van der Waals surface area contributed by atoms with Gasteiger partial charge < -0.3 is 20.6 Å². The summed E-state index contributed by atoms with van der Waals surface area (Å²) >= 11 is 0. The zero-order valence-corrected chi connectivity index (χ0v) is 11.5. The Morgan fingerprint density at radius 1 is 1.37 bits per heavy atom. The van der Waals surface area contributed by atoms with Gasteiger partial charge >= 0.3 is 5.97 Å². The lowest BCUT2D eigenvalue weighted by molar-refractivity contribution is -0.142. The molecule has 0 spiro atoms. The number of likely N-dealkylation sites (N-methyl/N-ethyl adjacent to an activating group) is 1. The van der Waals surface area contributed by atoms with Crippen molar-refractivity contribution in [1.82, 2.24) is 0 Å². The van der Waals surface area contributed by atoms with E-state index in [9.17, 15) is 4.79 Å². The number of rotatable bonds is 4. The molecule has 104 valence electrons. The third-order valence-corrected chi connectivity index (χ3v) is 3.73. The molecule has 1 atom stereocenters. The maximum absolute atomic E-state index is 11.0. The fourth-order valence-corrected chi connectivity index (χ4v) is 2.27. The van der Waals surface area contributed by atoms with Gasteiger partial charge in [0.2, 0.25) is 0 Å². The van der Waals surface area contributed by atoms with Crippen LogP contribution in [0.2, 0.25) is 0 Å². The first-order valence-electron chi connectivity index (χ1n) is 6.49. The van der Waals surface area contributed by atoms with Crippen LogP contribution in [0.5, 0.6) is 0 Å². The third kappa shape index (κ3) is 2.81. The first kappa shape index (κ1) is 13.7. The summed E-state index contributed by atoms with van der Waals surface area (Å²) in [5.41, 5.74) is 6.95. The van der Waals surface area contributed by atoms with Crippen molar-refractivity contribution in [3.8, 4) is 0 Å². The number of carboxylic acids is 1. The summed E-state index contributed by atoms with van der Waals surface area (Å²) in [6, 6.07) is 8.17. The largest absolute Gasteiger partial charge is 0.480 e. The first-order chi connectivity index (χ1) is 8.92. The molecule has 1 unspecified atom stereocenters. The first-order valence-corrected chi connectivity index (χ1v) is 6.49. The van der Waals surface area contributed by atoms with Gasteiger partial charge in [-0.1, -0.05) is 12.1 Å². The van der Waals surface area contributed by atoms with E-state index < -0.39 is 11.5 Å². The molecule has 0 fully saturated rings. The van der Waals surface area contributed by atoms with Gasteiger partial charge in [0.05, 0.1) is 11.4 Å². The molecule has 3 N–H and O–H groups in total. The van der Waals surface area contributed by atoms with Crippen molar-refractivity contribution in [2.24, 2.45) is 5.73 Å². The Labute approximate surface area is 113 Å². The van der Waals surface area contributed by atoms with Crippen molar-refractivity contribution < 1.29 is 9.90 Å². The molecule has 0 radical (unpaired) electrons. The number of benzene rings is 1. The Kier molecular flexibility index (Phi) is 3.66. The molecule has 1 aromatic carbocycles. The molecule has 2 rings (SSSR count). The fraction of sp³-hybridized carbons (Fsp3) is 0.500. The Balaban J connectivity index is 2.11. The molecule has 1 aliphatic rings. The zero-order valence-electron chi connectivity index (χ0n) is 11.5. The summed E-state index contributed by atoms with van der Waals surface area (Å²) in [7, 11) is 2.07. The Hall–Kier alpha value is -1.75. The average Bonchev–Trinajstić information content (AvgIpc) is 2.38. The number of carbonyl (C=O) groups is 1. The van der Waals surface area contributed by atoms with Crippen molar-refractivity contribution in [1.29, 1.82) is 0 Å². The minimum absolute atomic E-state index is 0.431. The van der Waals surface area contributed by atoms with Crippen molar-refractivity contribution in [2.75, 3.05) is 36.5 Å². The van der Waals surface area contributed by atoms with Gasteiger partial charge in [-0.3, -0.25) is 4.79 Å². The van der Waals surface area contributed by atoms with Crippen LogP contribution in [0.15, 0.2) is 24.3 Å². The normalized spacial score (nSPS) is 17.8. The van der Waals surface area contributed by atoms with Crippen molar-refractivity contribution in [3.63, 3.8) is 0 Å². The van der Waals surface area contributed by atoms with Crippen LogP contribution in [0.1, 0.15) is 13.3 Å². The lowest BCUT2D eigenvalue weighted by atomic mass is 9.99. The van der Waals surface area contributed by atoms with E-state index in [-0.39, 0.29) is 0 Å². The van der Waals surface area contributed by atoms with Gasteiger partial charge in [0.25, 0.3) is 0 Å². The molecule has 0 aromatic heterocycles. The third-order valence-electron chi connectivity index (χ3n) is 3.73. The highest BCUT2D eigenvalue weighted by atomic mass is 16.4. The lowest BCUT2D eigenvalue weighted by Crippen LogP contribution is -2.49. The van der Waals surface area contributed by atoms with Crippen LogP contribution in [0.3, 0.4) is 0 Å². The number of nitrogens with two attached hydrogens (primary N) is 1. The Morgan fingerprint density at radius 2 is 2.00 bits per heavy atom. The fourth-order valence-electron chi connectivity index (χ4n) is 2.27. The van der Waals surface area contributed by atoms with Crippen LogP contribution in [0.25, 0.3) is 0 Å². The van der Waals surface area contributed by atoms with Crippen molar-refractivity contribution >= 4 is 17.3 Å². The van der Waals surface area contributed by atoms with E-state index in [4.69, 9.17) is 10.8 Å². The number of para-hydroxylation sites is 2. The number of aliphatic carboxylic acids is 1. The zero-order chi connectivity index (χ0) is 14.0. The molecule has 1 aromatic rings. The predicted molar refractivity (Wildman–Crippen MR) is 76.8 cm³/mol. The number of hydrogen-bond acceptors (Lipinski definition) is 4. The monoisotopic (exact) mass is 263 g/mol. The predicted octanol–water partition coefficient (Wildman–Crippen LogP) is 1.13. The van der Waals surface area contributed by atoms with E-state index in [1.54, 1.807) is 6.92 Å². The molecule has 5 heteroatoms. The van der Waals surface area contributed by atoms with Crippen LogP contribution >= 0.6 is 0 Å². The molecule has 0 bridgehead atoms. The lowest BCUT2D eigenvalue weighted by Gasteiger charge is -2.38. The highest BCUT2D eigenvalue weighted by Crippen LogP contribution is 2.32. The highest BCUT2D eigenvalue weighted by molar-refractivity contribution is 5.78. The molecule has 1 aliphatic heterocycles. The maximum Gasteiger partial charge on any atom is 0.323 e. The average molecular weight is 263 g/mol. The van der Waals surface area contributed by atoms with E-state index in [0.717, 1.165) is 18.8 Å². The van der Waals surface area contributed by atoms with Gasteiger partial charge in [-0.15, -0.1) is 0 Å². The summed E-state index contributed by atoms with van der Waals surface area (Å²) in [5, 5.41) is 9.06. The molecular formula is C14H21N3O2. The van der Waals surface area contributed by atoms with Crippen molar-refractivity contribution in [2.45, 2.75) is 18.9 Å². The molecule has 0 saturated carbocycles. The van der Waals surface area contributed by atoms with Crippen LogP contribution in [0, 0.1) is 0 Å². The van der Waals surface area contributed by atoms with E-state index >= 15 is 0 Å².